The van der Waals surface area contributed by atoms with Crippen molar-refractivity contribution in [3.8, 4) is 17.6 Å². The molecule has 1 aromatic heterocycles. The lowest BCUT2D eigenvalue weighted by Crippen LogP contribution is -2.42. The molecule has 0 spiro atoms. The van der Waals surface area contributed by atoms with Crippen LogP contribution in [0.25, 0.3) is 14.9 Å². The number of thiophene rings is 1. The second-order valence-corrected chi connectivity index (χ2v) is 13.0. The first-order chi connectivity index (χ1) is 24.9. The van der Waals surface area contributed by atoms with Crippen LogP contribution >= 0.6 is 11.3 Å². The number of piperidine rings is 1. The molecule has 0 saturated carbocycles. The highest BCUT2D eigenvalue weighted by Gasteiger charge is 2.31. The minimum Gasteiger partial charge on any atom is -0.467 e. The summed E-state index contributed by atoms with van der Waals surface area (Å²) in [5, 5.41) is 9.63. The summed E-state index contributed by atoms with van der Waals surface area (Å²) < 4.78 is 57.5. The second kappa shape index (κ2) is 19.0. The minimum atomic E-state index is -4.44. The monoisotopic (exact) mass is 742 g/mol. The van der Waals surface area contributed by atoms with Crippen LogP contribution in [-0.2, 0) is 25.5 Å². The number of nitrogens with two attached hydrogens (primary N) is 1. The van der Waals surface area contributed by atoms with Gasteiger partial charge in [-0.1, -0.05) is 24.0 Å². The summed E-state index contributed by atoms with van der Waals surface area (Å²) in [5.74, 6) is 3.91. The van der Waals surface area contributed by atoms with E-state index in [1.54, 1.807) is 19.2 Å². The number of carbonyl (C=O) groups is 3. The Labute approximate surface area is 304 Å². The maximum Gasteiger partial charge on any atom is 0.393 e. The zero-order chi connectivity index (χ0) is 37.7. The molecule has 0 radical (unpaired) electrons. The number of rotatable bonds is 16. The number of ether oxygens (including phenoxy) is 3. The van der Waals surface area contributed by atoms with Crippen LogP contribution in [0, 0.1) is 18.4 Å². The molecular weight excluding hydrogens is 701 g/mol. The van der Waals surface area contributed by atoms with Crippen LogP contribution in [0.5, 0.6) is 5.75 Å². The summed E-state index contributed by atoms with van der Waals surface area (Å²) in [6.45, 7) is 10.1. The Morgan fingerprint density at radius 1 is 1.15 bits per heavy atom. The molecule has 1 fully saturated rings. The molecular formula is C36H41F3N6O6S. The fourth-order valence-electron chi connectivity index (χ4n) is 5.72. The number of methoxy groups -OCH3 is 2. The van der Waals surface area contributed by atoms with Crippen molar-refractivity contribution in [1.82, 2.24) is 10.2 Å². The van der Waals surface area contributed by atoms with E-state index in [4.69, 9.17) is 26.5 Å². The standard InChI is InChI=1S/C36H41F3N6O6S/c1-41-22-51-30-20-23(34(47)44-29(35(48)50-3)11-12-32(40)46)9-10-27(30)42-15-5-8-31-26(21-36(37,38)39)25-6-4-7-28(33(25)52-31)43-24-13-16-45(17-14-24)18-19-49-2/h4,6-7,9-10,20,24,29,42-43H,11-19,21-22H2,2-3H3,(H2,40,46)(H,44,47). The topological polar surface area (TPSA) is 149 Å². The van der Waals surface area contributed by atoms with E-state index in [0.717, 1.165) is 45.3 Å². The predicted octanol–water partition coefficient (Wildman–Crippen LogP) is 4.78. The Morgan fingerprint density at radius 3 is 2.60 bits per heavy atom. The van der Waals surface area contributed by atoms with Gasteiger partial charge in [-0.05, 0) is 54.5 Å². The molecule has 0 aliphatic carbocycles. The van der Waals surface area contributed by atoms with Gasteiger partial charge in [-0.2, -0.15) is 13.2 Å². The first-order valence-corrected chi connectivity index (χ1v) is 17.3. The SMILES string of the molecule is [C-]#[N+]COc1cc(C(=O)NC(CCC(N)=O)C(=O)OC)ccc1NCC#Cc1sc2c(NC3CCN(CCOC)CC3)cccc2c1CC(F)(F)F. The van der Waals surface area contributed by atoms with Gasteiger partial charge in [0, 0.05) is 44.8 Å². The third-order valence-electron chi connectivity index (χ3n) is 8.32. The Bertz CT molecular complexity index is 1820. The molecule has 5 N–H and O–H groups in total. The number of nitrogens with zero attached hydrogens (tertiary/aromatic N) is 2. The van der Waals surface area contributed by atoms with E-state index in [0.29, 0.717) is 27.3 Å². The molecule has 12 nitrogen and oxygen atoms in total. The van der Waals surface area contributed by atoms with Crippen molar-refractivity contribution in [3.63, 3.8) is 0 Å². The summed E-state index contributed by atoms with van der Waals surface area (Å²) in [7, 11) is 2.82. The Hall–Kier alpha value is -5.03. The lowest BCUT2D eigenvalue weighted by Gasteiger charge is -2.32. The molecule has 1 saturated heterocycles. The van der Waals surface area contributed by atoms with Gasteiger partial charge in [0.15, 0.2) is 5.75 Å². The summed E-state index contributed by atoms with van der Waals surface area (Å²) in [6.07, 6.45) is -3.98. The molecule has 0 bridgehead atoms. The average Bonchev–Trinajstić information content (AvgIpc) is 3.46. The third kappa shape index (κ3) is 11.5. The summed E-state index contributed by atoms with van der Waals surface area (Å²) in [5.41, 5.74) is 6.55. The quantitative estimate of drug-likeness (QED) is 0.0925. The van der Waals surface area contributed by atoms with Crippen molar-refractivity contribution in [2.24, 2.45) is 5.73 Å². The van der Waals surface area contributed by atoms with E-state index in [-0.39, 0.29) is 49.0 Å². The summed E-state index contributed by atoms with van der Waals surface area (Å²) in [6, 6.07) is 8.72. The number of likely N-dealkylation sites (tertiary alicyclic amines) is 1. The van der Waals surface area contributed by atoms with Crippen molar-refractivity contribution in [1.29, 1.82) is 0 Å². The number of halogens is 3. The number of benzene rings is 2. The Balaban J connectivity index is 1.51. The van der Waals surface area contributed by atoms with Crippen LogP contribution in [-0.4, -0.2) is 94.7 Å². The molecule has 2 heterocycles. The summed E-state index contributed by atoms with van der Waals surface area (Å²) >= 11 is 1.22. The minimum absolute atomic E-state index is 0.00388. The molecule has 4 rings (SSSR count). The van der Waals surface area contributed by atoms with Crippen molar-refractivity contribution >= 4 is 50.6 Å². The molecule has 3 aromatic rings. The first-order valence-electron chi connectivity index (χ1n) is 16.5. The van der Waals surface area contributed by atoms with Gasteiger partial charge in [-0.15, -0.1) is 11.3 Å². The molecule has 1 aliphatic heterocycles. The van der Waals surface area contributed by atoms with Crippen molar-refractivity contribution in [3.05, 3.63) is 63.8 Å². The fourth-order valence-corrected chi connectivity index (χ4v) is 6.89. The lowest BCUT2D eigenvalue weighted by atomic mass is 10.0. The van der Waals surface area contributed by atoms with Gasteiger partial charge in [0.2, 0.25) is 5.91 Å². The maximum atomic E-state index is 13.8. The van der Waals surface area contributed by atoms with E-state index in [1.807, 2.05) is 6.07 Å². The van der Waals surface area contributed by atoms with E-state index >= 15 is 0 Å². The van der Waals surface area contributed by atoms with Gasteiger partial charge in [-0.25, -0.2) is 11.4 Å². The van der Waals surface area contributed by atoms with E-state index < -0.39 is 36.4 Å². The van der Waals surface area contributed by atoms with Crippen LogP contribution in [0.1, 0.15) is 46.5 Å². The zero-order valence-electron chi connectivity index (χ0n) is 28.9. The van der Waals surface area contributed by atoms with Crippen LogP contribution in [0.4, 0.5) is 24.5 Å². The molecule has 2 aromatic carbocycles. The van der Waals surface area contributed by atoms with Gasteiger partial charge in [0.25, 0.3) is 5.91 Å². The van der Waals surface area contributed by atoms with E-state index in [1.165, 1.54) is 29.5 Å². The fraction of sp³-hybridized carbons (Fsp3) is 0.444. The van der Waals surface area contributed by atoms with Gasteiger partial charge in [0.1, 0.15) is 6.04 Å². The number of hydrogen-bond donors (Lipinski definition) is 4. The number of carbonyl (C=O) groups excluding carboxylic acids is 3. The number of anilines is 2. The number of fused-ring (bicyclic) bond motifs is 1. The van der Waals surface area contributed by atoms with Crippen LogP contribution in [0.3, 0.4) is 0 Å². The number of nitrogens with one attached hydrogen (secondary N) is 3. The number of primary amides is 1. The van der Waals surface area contributed by atoms with Gasteiger partial charge >= 0.3 is 18.9 Å². The molecule has 16 heteroatoms. The van der Waals surface area contributed by atoms with Crippen molar-refractivity contribution < 1.29 is 41.8 Å². The van der Waals surface area contributed by atoms with Crippen LogP contribution in [0.2, 0.25) is 0 Å². The number of esters is 1. The van der Waals surface area contributed by atoms with Gasteiger partial charge in [-0.3, -0.25) is 14.4 Å². The molecule has 1 atom stereocenters. The van der Waals surface area contributed by atoms with Crippen molar-refractivity contribution in [2.75, 3.05) is 64.4 Å². The van der Waals surface area contributed by atoms with E-state index in [9.17, 15) is 27.6 Å². The van der Waals surface area contributed by atoms with Gasteiger partial charge < -0.3 is 40.8 Å². The maximum absolute atomic E-state index is 13.8. The number of amides is 2. The predicted molar refractivity (Wildman–Crippen MR) is 192 cm³/mol. The molecule has 52 heavy (non-hydrogen) atoms. The van der Waals surface area contributed by atoms with Gasteiger partial charge in [0.05, 0.1) is 47.6 Å². The van der Waals surface area contributed by atoms with Crippen LogP contribution < -0.4 is 26.4 Å². The Morgan fingerprint density at radius 2 is 1.92 bits per heavy atom. The smallest absolute Gasteiger partial charge is 0.393 e. The first kappa shape index (κ1) is 39.8. The zero-order valence-corrected chi connectivity index (χ0v) is 29.7. The molecule has 2 amide bonds. The second-order valence-electron chi connectivity index (χ2n) is 12.0. The summed E-state index contributed by atoms with van der Waals surface area (Å²) in [4.78, 5) is 42.2. The van der Waals surface area contributed by atoms with Crippen molar-refractivity contribution in [2.45, 2.75) is 50.4 Å². The highest BCUT2D eigenvalue weighted by atomic mass is 32.1. The van der Waals surface area contributed by atoms with E-state index in [2.05, 4.69) is 37.5 Å². The Kier molecular flexibility index (Phi) is 14.5. The average molecular weight is 743 g/mol. The molecule has 1 unspecified atom stereocenters. The molecule has 278 valence electrons. The third-order valence-corrected chi connectivity index (χ3v) is 9.52. The molecule has 1 aliphatic rings. The highest BCUT2D eigenvalue weighted by molar-refractivity contribution is 7.20. The highest BCUT2D eigenvalue weighted by Crippen LogP contribution is 2.39. The number of alkyl halides is 3. The lowest BCUT2D eigenvalue weighted by molar-refractivity contribution is -0.143. The van der Waals surface area contributed by atoms with Crippen LogP contribution in [0.15, 0.2) is 36.4 Å². The number of hydrogen-bond acceptors (Lipinski definition) is 10. The largest absolute Gasteiger partial charge is 0.467 e. The normalized spacial score (nSPS) is 14.1.